The molecule has 22 heavy (non-hydrogen) atoms. The molecular formula is C16H22F2N2O2. The molecule has 0 bridgehead atoms. The molecule has 1 aromatic rings. The maximum atomic E-state index is 13.9. The quantitative estimate of drug-likeness (QED) is 0.876. The van der Waals surface area contributed by atoms with Crippen molar-refractivity contribution in [3.05, 3.63) is 35.4 Å². The molecule has 2 rings (SSSR count). The van der Waals surface area contributed by atoms with E-state index in [2.05, 4.69) is 0 Å². The molecule has 0 radical (unpaired) electrons. The monoisotopic (exact) mass is 312 g/mol. The normalized spacial score (nSPS) is 16.7. The molecule has 0 spiro atoms. The zero-order valence-electron chi connectivity index (χ0n) is 12.7. The second-order valence-corrected chi connectivity index (χ2v) is 5.70. The lowest BCUT2D eigenvalue weighted by molar-refractivity contribution is -0.136. The molecule has 0 aromatic heterocycles. The SMILES string of the molecule is COCC(N)C(=O)N(Cc1cc(F)ccc1F)C1CCCC1. The Morgan fingerprint density at radius 3 is 2.73 bits per heavy atom. The van der Waals surface area contributed by atoms with Gasteiger partial charge >= 0.3 is 0 Å². The van der Waals surface area contributed by atoms with Gasteiger partial charge in [0.1, 0.15) is 17.7 Å². The largest absolute Gasteiger partial charge is 0.383 e. The minimum absolute atomic E-state index is 0.0260. The van der Waals surface area contributed by atoms with E-state index in [0.29, 0.717) is 0 Å². The van der Waals surface area contributed by atoms with Crippen molar-refractivity contribution in [2.75, 3.05) is 13.7 Å². The van der Waals surface area contributed by atoms with Crippen LogP contribution in [0.3, 0.4) is 0 Å². The summed E-state index contributed by atoms with van der Waals surface area (Å²) in [6, 6.07) is 2.51. The van der Waals surface area contributed by atoms with Gasteiger partial charge in [-0.05, 0) is 31.0 Å². The summed E-state index contributed by atoms with van der Waals surface area (Å²) in [4.78, 5) is 14.1. The number of carbonyl (C=O) groups excluding carboxylic acids is 1. The molecule has 1 aliphatic carbocycles. The lowest BCUT2D eigenvalue weighted by Crippen LogP contribution is -2.49. The number of hydrogen-bond acceptors (Lipinski definition) is 3. The Labute approximate surface area is 129 Å². The molecule has 1 fully saturated rings. The summed E-state index contributed by atoms with van der Waals surface area (Å²) >= 11 is 0. The minimum Gasteiger partial charge on any atom is -0.383 e. The Morgan fingerprint density at radius 2 is 2.09 bits per heavy atom. The Hall–Kier alpha value is -1.53. The number of carbonyl (C=O) groups is 1. The van der Waals surface area contributed by atoms with Crippen molar-refractivity contribution in [2.45, 2.75) is 44.3 Å². The molecule has 1 atom stereocenters. The van der Waals surface area contributed by atoms with Crippen LogP contribution in [0.1, 0.15) is 31.2 Å². The molecule has 4 nitrogen and oxygen atoms in total. The second-order valence-electron chi connectivity index (χ2n) is 5.70. The first kappa shape index (κ1) is 16.8. The highest BCUT2D eigenvalue weighted by atomic mass is 19.1. The summed E-state index contributed by atoms with van der Waals surface area (Å²) in [6.45, 7) is 0.137. The van der Waals surface area contributed by atoms with Crippen LogP contribution in [-0.4, -0.2) is 36.6 Å². The Kier molecular flexibility index (Phi) is 5.85. The number of nitrogens with zero attached hydrogens (tertiary/aromatic N) is 1. The number of halogens is 2. The highest BCUT2D eigenvalue weighted by Gasteiger charge is 2.30. The molecule has 0 saturated heterocycles. The van der Waals surface area contributed by atoms with Crippen LogP contribution in [0.4, 0.5) is 8.78 Å². The van der Waals surface area contributed by atoms with Gasteiger partial charge in [-0.15, -0.1) is 0 Å². The van der Waals surface area contributed by atoms with Gasteiger partial charge in [-0.1, -0.05) is 12.8 Å². The zero-order valence-corrected chi connectivity index (χ0v) is 12.7. The molecule has 6 heteroatoms. The zero-order chi connectivity index (χ0) is 16.1. The third-order valence-electron chi connectivity index (χ3n) is 4.06. The van der Waals surface area contributed by atoms with Gasteiger partial charge in [-0.2, -0.15) is 0 Å². The van der Waals surface area contributed by atoms with E-state index in [1.165, 1.54) is 7.11 Å². The fraction of sp³-hybridized carbons (Fsp3) is 0.562. The summed E-state index contributed by atoms with van der Waals surface area (Å²) in [7, 11) is 1.47. The third-order valence-corrected chi connectivity index (χ3v) is 4.06. The van der Waals surface area contributed by atoms with Gasteiger partial charge in [0.2, 0.25) is 5.91 Å². The van der Waals surface area contributed by atoms with Crippen molar-refractivity contribution >= 4 is 5.91 Å². The van der Waals surface area contributed by atoms with E-state index in [1.54, 1.807) is 4.90 Å². The van der Waals surface area contributed by atoms with Gasteiger partial charge in [0.05, 0.1) is 6.61 Å². The molecule has 1 aliphatic rings. The highest BCUT2D eigenvalue weighted by molar-refractivity contribution is 5.82. The molecular weight excluding hydrogens is 290 g/mol. The topological polar surface area (TPSA) is 55.6 Å². The van der Waals surface area contributed by atoms with Crippen LogP contribution in [0.15, 0.2) is 18.2 Å². The molecule has 1 unspecified atom stereocenters. The van der Waals surface area contributed by atoms with Crippen molar-refractivity contribution in [3.8, 4) is 0 Å². The number of methoxy groups -OCH3 is 1. The van der Waals surface area contributed by atoms with Gasteiger partial charge in [0.25, 0.3) is 0 Å². The van der Waals surface area contributed by atoms with E-state index in [-0.39, 0.29) is 30.7 Å². The number of hydrogen-bond donors (Lipinski definition) is 1. The lowest BCUT2D eigenvalue weighted by Gasteiger charge is -2.31. The van der Waals surface area contributed by atoms with E-state index in [4.69, 9.17) is 10.5 Å². The average Bonchev–Trinajstić information content (AvgIpc) is 3.01. The van der Waals surface area contributed by atoms with E-state index in [1.807, 2.05) is 0 Å². The number of ether oxygens (including phenoxy) is 1. The van der Waals surface area contributed by atoms with Crippen LogP contribution in [0, 0.1) is 11.6 Å². The van der Waals surface area contributed by atoms with Gasteiger partial charge in [-0.3, -0.25) is 4.79 Å². The summed E-state index contributed by atoms with van der Waals surface area (Å²) < 4.78 is 32.1. The van der Waals surface area contributed by atoms with E-state index in [9.17, 15) is 13.6 Å². The molecule has 1 saturated carbocycles. The van der Waals surface area contributed by atoms with Crippen molar-refractivity contribution in [1.29, 1.82) is 0 Å². The lowest BCUT2D eigenvalue weighted by atomic mass is 10.1. The summed E-state index contributed by atoms with van der Waals surface area (Å²) in [5, 5.41) is 0. The Balaban J connectivity index is 2.20. The van der Waals surface area contributed by atoms with Crippen LogP contribution in [-0.2, 0) is 16.1 Å². The molecule has 0 aliphatic heterocycles. The predicted molar refractivity (Wildman–Crippen MR) is 79.0 cm³/mol. The standard InChI is InChI=1S/C16H22F2N2O2/c1-22-10-15(19)16(21)20(13-4-2-3-5-13)9-11-8-12(17)6-7-14(11)18/h6-8,13,15H,2-5,9-10,19H2,1H3. The van der Waals surface area contributed by atoms with Crippen molar-refractivity contribution in [1.82, 2.24) is 4.90 Å². The maximum Gasteiger partial charge on any atom is 0.242 e. The fourth-order valence-corrected chi connectivity index (χ4v) is 2.91. The van der Waals surface area contributed by atoms with Crippen LogP contribution < -0.4 is 5.73 Å². The third kappa shape index (κ3) is 4.01. The number of rotatable bonds is 6. The molecule has 0 heterocycles. The first-order valence-electron chi connectivity index (χ1n) is 7.52. The average molecular weight is 312 g/mol. The first-order chi connectivity index (χ1) is 10.5. The van der Waals surface area contributed by atoms with Crippen LogP contribution in [0.2, 0.25) is 0 Å². The van der Waals surface area contributed by atoms with Crippen molar-refractivity contribution in [3.63, 3.8) is 0 Å². The van der Waals surface area contributed by atoms with Gasteiger partial charge in [0, 0.05) is 25.3 Å². The number of amides is 1. The Bertz CT molecular complexity index is 519. The second kappa shape index (κ2) is 7.65. The Morgan fingerprint density at radius 1 is 1.41 bits per heavy atom. The predicted octanol–water partition coefficient (Wildman–Crippen LogP) is 2.21. The van der Waals surface area contributed by atoms with Gasteiger partial charge in [-0.25, -0.2) is 8.78 Å². The minimum atomic E-state index is -0.790. The highest BCUT2D eigenvalue weighted by Crippen LogP contribution is 2.26. The van der Waals surface area contributed by atoms with Crippen LogP contribution in [0.5, 0.6) is 0 Å². The van der Waals surface area contributed by atoms with Crippen molar-refractivity contribution < 1.29 is 18.3 Å². The van der Waals surface area contributed by atoms with Crippen LogP contribution in [0.25, 0.3) is 0 Å². The fourth-order valence-electron chi connectivity index (χ4n) is 2.91. The van der Waals surface area contributed by atoms with Crippen molar-refractivity contribution in [2.24, 2.45) is 5.73 Å². The molecule has 1 amide bonds. The molecule has 1 aromatic carbocycles. The molecule has 122 valence electrons. The smallest absolute Gasteiger partial charge is 0.242 e. The van der Waals surface area contributed by atoms with E-state index < -0.39 is 17.7 Å². The van der Waals surface area contributed by atoms with E-state index in [0.717, 1.165) is 43.9 Å². The maximum absolute atomic E-state index is 13.9. The van der Waals surface area contributed by atoms with E-state index >= 15 is 0 Å². The summed E-state index contributed by atoms with van der Waals surface area (Å²) in [5.41, 5.74) is 6.00. The van der Waals surface area contributed by atoms with Gasteiger partial charge < -0.3 is 15.4 Å². The number of benzene rings is 1. The summed E-state index contributed by atoms with van der Waals surface area (Å²) in [5.74, 6) is -1.31. The summed E-state index contributed by atoms with van der Waals surface area (Å²) in [6.07, 6.45) is 3.78. The number of nitrogens with two attached hydrogens (primary N) is 1. The first-order valence-corrected chi connectivity index (χ1v) is 7.52. The van der Waals surface area contributed by atoms with Gasteiger partial charge in [0.15, 0.2) is 0 Å². The van der Waals surface area contributed by atoms with Crippen LogP contribution >= 0.6 is 0 Å². The molecule has 2 N–H and O–H groups in total.